The number of thioether (sulfide) groups is 1. The summed E-state index contributed by atoms with van der Waals surface area (Å²) < 4.78 is 5.35. The van der Waals surface area contributed by atoms with Crippen LogP contribution in [0.4, 0.5) is 0 Å². The minimum atomic E-state index is -0.441. The second-order valence-corrected chi connectivity index (χ2v) is 4.88. The number of benzene rings is 1. The lowest BCUT2D eigenvalue weighted by atomic mass is 10.2. The Labute approximate surface area is 114 Å². The highest BCUT2D eigenvalue weighted by atomic mass is 32.2. The number of nitrogen functional groups attached to an aromatic ring is 1. The first-order valence-corrected chi connectivity index (χ1v) is 6.63. The van der Waals surface area contributed by atoms with E-state index in [4.69, 9.17) is 15.4 Å². The number of rotatable bonds is 5. The fourth-order valence-corrected chi connectivity index (χ4v) is 2.29. The molecule has 1 heterocycles. The van der Waals surface area contributed by atoms with Gasteiger partial charge in [0.1, 0.15) is 5.76 Å². The molecule has 100 valence electrons. The van der Waals surface area contributed by atoms with Gasteiger partial charge in [-0.15, -0.1) is 11.8 Å². The molecule has 0 spiro atoms. The highest BCUT2D eigenvalue weighted by Crippen LogP contribution is 2.24. The van der Waals surface area contributed by atoms with Crippen molar-refractivity contribution in [1.29, 1.82) is 0 Å². The Balaban J connectivity index is 1.94. The molecule has 1 amide bonds. The minimum Gasteiger partial charge on any atom is -0.455 e. The number of aliphatic hydroxyl groups is 1. The number of carbonyl (C=O) groups excluding carboxylic acids is 1. The smallest absolute Gasteiger partial charge is 0.300 e. The van der Waals surface area contributed by atoms with Crippen LogP contribution in [0, 0.1) is 0 Å². The number of furan rings is 1. The quantitative estimate of drug-likeness (QED) is 0.335. The second-order valence-electron chi connectivity index (χ2n) is 3.83. The molecule has 0 aliphatic heterocycles. The van der Waals surface area contributed by atoms with Gasteiger partial charge in [0.15, 0.2) is 5.76 Å². The van der Waals surface area contributed by atoms with E-state index in [1.54, 1.807) is 23.9 Å². The van der Waals surface area contributed by atoms with E-state index in [9.17, 15) is 4.79 Å². The van der Waals surface area contributed by atoms with Gasteiger partial charge in [-0.1, -0.05) is 12.1 Å². The van der Waals surface area contributed by atoms with Gasteiger partial charge in [0.05, 0.1) is 12.4 Å². The molecule has 5 nitrogen and oxygen atoms in total. The lowest BCUT2D eigenvalue weighted by molar-refractivity contribution is 0.0924. The van der Waals surface area contributed by atoms with Crippen LogP contribution in [0.5, 0.6) is 0 Å². The summed E-state index contributed by atoms with van der Waals surface area (Å²) in [6, 6.07) is 11.0. The number of aliphatic hydroxyl groups excluding tert-OH is 1. The molecule has 2 rings (SSSR count). The van der Waals surface area contributed by atoms with Crippen molar-refractivity contribution in [1.82, 2.24) is 5.43 Å². The molecule has 19 heavy (non-hydrogen) atoms. The fourth-order valence-electron chi connectivity index (χ4n) is 1.49. The normalized spacial score (nSPS) is 10.4. The fraction of sp³-hybridized carbons (Fsp3) is 0.154. The highest BCUT2D eigenvalue weighted by Gasteiger charge is 2.09. The number of hydrazine groups is 1. The van der Waals surface area contributed by atoms with Crippen LogP contribution in [0.2, 0.25) is 0 Å². The van der Waals surface area contributed by atoms with E-state index in [-0.39, 0.29) is 12.4 Å². The van der Waals surface area contributed by atoms with Crippen LogP contribution >= 0.6 is 11.8 Å². The van der Waals surface area contributed by atoms with Crippen LogP contribution in [0.3, 0.4) is 0 Å². The van der Waals surface area contributed by atoms with Gasteiger partial charge in [0.25, 0.3) is 0 Å². The molecule has 0 fully saturated rings. The van der Waals surface area contributed by atoms with Gasteiger partial charge in [-0.3, -0.25) is 10.2 Å². The number of amides is 1. The van der Waals surface area contributed by atoms with Gasteiger partial charge in [-0.25, -0.2) is 5.84 Å². The summed E-state index contributed by atoms with van der Waals surface area (Å²) in [6.07, 6.45) is 0. The molecule has 1 aromatic heterocycles. The lowest BCUT2D eigenvalue weighted by Crippen LogP contribution is -2.29. The molecule has 0 radical (unpaired) electrons. The summed E-state index contributed by atoms with van der Waals surface area (Å²) >= 11 is 1.59. The zero-order valence-electron chi connectivity index (χ0n) is 10.1. The van der Waals surface area contributed by atoms with Gasteiger partial charge in [-0.05, 0) is 29.8 Å². The average molecular weight is 278 g/mol. The molecule has 0 aliphatic rings. The second kappa shape index (κ2) is 6.42. The molecule has 4 N–H and O–H groups in total. The van der Waals surface area contributed by atoms with E-state index in [2.05, 4.69) is 0 Å². The van der Waals surface area contributed by atoms with Crippen LogP contribution in [-0.4, -0.2) is 11.0 Å². The van der Waals surface area contributed by atoms with Crippen molar-refractivity contribution in [3.8, 4) is 0 Å². The minimum absolute atomic E-state index is 0.0424. The number of hydrogen-bond acceptors (Lipinski definition) is 5. The zero-order chi connectivity index (χ0) is 13.7. The largest absolute Gasteiger partial charge is 0.455 e. The number of hydrogen-bond donors (Lipinski definition) is 3. The van der Waals surface area contributed by atoms with E-state index in [1.807, 2.05) is 29.7 Å². The third-order valence-corrected chi connectivity index (χ3v) is 3.54. The maximum atomic E-state index is 11.2. The van der Waals surface area contributed by atoms with Gasteiger partial charge in [0.2, 0.25) is 0 Å². The van der Waals surface area contributed by atoms with E-state index in [0.717, 1.165) is 10.5 Å². The Morgan fingerprint density at radius 2 is 2.00 bits per heavy atom. The van der Waals surface area contributed by atoms with Crippen molar-refractivity contribution in [2.24, 2.45) is 5.84 Å². The predicted molar refractivity (Wildman–Crippen MR) is 72.3 cm³/mol. The molecule has 0 saturated heterocycles. The molecular formula is C13H14N2O3S. The molecule has 0 bridgehead atoms. The highest BCUT2D eigenvalue weighted by molar-refractivity contribution is 7.98. The third kappa shape index (κ3) is 3.60. The Hall–Kier alpha value is -1.76. The van der Waals surface area contributed by atoms with Crippen molar-refractivity contribution in [2.75, 3.05) is 0 Å². The number of nitrogens with one attached hydrogen (secondary N) is 1. The Bertz CT molecular complexity index is 551. The lowest BCUT2D eigenvalue weighted by Gasteiger charge is -2.01. The molecule has 0 atom stereocenters. The molecule has 0 unspecified atom stereocenters. The summed E-state index contributed by atoms with van der Waals surface area (Å²) in [5, 5.41) is 8.94. The van der Waals surface area contributed by atoms with Crippen LogP contribution in [0.25, 0.3) is 0 Å². The first kappa shape index (κ1) is 13.7. The first-order chi connectivity index (χ1) is 9.22. The Morgan fingerprint density at radius 1 is 1.26 bits per heavy atom. The van der Waals surface area contributed by atoms with Crippen LogP contribution in [-0.2, 0) is 12.4 Å². The van der Waals surface area contributed by atoms with Crippen molar-refractivity contribution < 1.29 is 14.3 Å². The number of carbonyl (C=O) groups is 1. The SMILES string of the molecule is NNC(=O)c1ccc(CSc2ccc(CO)cc2)o1. The Kier molecular flexibility index (Phi) is 4.62. The molecule has 0 aliphatic carbocycles. The van der Waals surface area contributed by atoms with E-state index in [1.165, 1.54) is 0 Å². The average Bonchev–Trinajstić information content (AvgIpc) is 2.93. The zero-order valence-corrected chi connectivity index (χ0v) is 10.9. The molecule has 2 aromatic rings. The van der Waals surface area contributed by atoms with Crippen LogP contribution < -0.4 is 11.3 Å². The van der Waals surface area contributed by atoms with Crippen LogP contribution in [0.1, 0.15) is 21.9 Å². The summed E-state index contributed by atoms with van der Waals surface area (Å²) in [5.41, 5.74) is 2.90. The summed E-state index contributed by atoms with van der Waals surface area (Å²) in [7, 11) is 0. The summed E-state index contributed by atoms with van der Waals surface area (Å²) in [6.45, 7) is 0.0424. The van der Waals surface area contributed by atoms with Crippen molar-refractivity contribution >= 4 is 17.7 Å². The molecular weight excluding hydrogens is 264 g/mol. The van der Waals surface area contributed by atoms with Gasteiger partial charge < -0.3 is 9.52 Å². The van der Waals surface area contributed by atoms with Crippen molar-refractivity contribution in [2.45, 2.75) is 17.3 Å². The van der Waals surface area contributed by atoms with E-state index in [0.29, 0.717) is 11.5 Å². The molecule has 1 aromatic carbocycles. The van der Waals surface area contributed by atoms with Gasteiger partial charge in [-0.2, -0.15) is 0 Å². The van der Waals surface area contributed by atoms with Gasteiger partial charge >= 0.3 is 5.91 Å². The van der Waals surface area contributed by atoms with E-state index >= 15 is 0 Å². The number of nitrogens with two attached hydrogens (primary N) is 1. The summed E-state index contributed by atoms with van der Waals surface area (Å²) in [4.78, 5) is 12.3. The maximum absolute atomic E-state index is 11.2. The van der Waals surface area contributed by atoms with Gasteiger partial charge in [0, 0.05) is 4.90 Å². The maximum Gasteiger partial charge on any atom is 0.300 e. The topological polar surface area (TPSA) is 88.5 Å². The molecule has 6 heteroatoms. The third-order valence-electron chi connectivity index (χ3n) is 2.50. The van der Waals surface area contributed by atoms with Crippen molar-refractivity contribution in [3.05, 3.63) is 53.5 Å². The van der Waals surface area contributed by atoms with E-state index < -0.39 is 5.91 Å². The Morgan fingerprint density at radius 3 is 2.63 bits per heavy atom. The monoisotopic (exact) mass is 278 g/mol. The molecule has 0 saturated carbocycles. The van der Waals surface area contributed by atoms with Crippen LogP contribution in [0.15, 0.2) is 45.7 Å². The van der Waals surface area contributed by atoms with Crippen molar-refractivity contribution in [3.63, 3.8) is 0 Å². The predicted octanol–water partition coefficient (Wildman–Crippen LogP) is 1.67. The summed E-state index contributed by atoms with van der Waals surface area (Å²) in [5.74, 6) is 6.11. The standard InChI is InChI=1S/C13H14N2O3S/c14-15-13(17)12-6-3-10(18-12)8-19-11-4-1-9(7-16)2-5-11/h1-6,16H,7-8,14H2,(H,15,17). The first-order valence-electron chi connectivity index (χ1n) is 5.65.